The Hall–Kier alpha value is -0.700. The van der Waals surface area contributed by atoms with Crippen LogP contribution in [0.3, 0.4) is 0 Å². The highest BCUT2D eigenvalue weighted by atomic mass is 35.5. The van der Waals surface area contributed by atoms with E-state index in [1.807, 2.05) is 0 Å². The Labute approximate surface area is 117 Å². The molecule has 1 aromatic rings. The Morgan fingerprint density at radius 2 is 1.95 bits per heavy atom. The van der Waals surface area contributed by atoms with E-state index in [1.54, 1.807) is 0 Å². The highest BCUT2D eigenvalue weighted by molar-refractivity contribution is 7.92. The first-order chi connectivity index (χ1) is 8.62. The first kappa shape index (κ1) is 16.4. The molecule has 0 aliphatic carbocycles. The van der Waals surface area contributed by atoms with Crippen LogP contribution in [0.2, 0.25) is 5.02 Å². The van der Waals surface area contributed by atoms with Gasteiger partial charge in [-0.1, -0.05) is 11.6 Å². The first-order valence-electron chi connectivity index (χ1n) is 5.19. The van der Waals surface area contributed by atoms with Crippen LogP contribution in [0.15, 0.2) is 27.5 Å². The van der Waals surface area contributed by atoms with Crippen molar-refractivity contribution < 1.29 is 17.0 Å². The lowest BCUT2D eigenvalue weighted by molar-refractivity contribution is 0.557. The van der Waals surface area contributed by atoms with Gasteiger partial charge in [-0.05, 0) is 18.2 Å². The molecule has 0 fully saturated rings. The van der Waals surface area contributed by atoms with Gasteiger partial charge in [-0.3, -0.25) is 4.21 Å². The average Bonchev–Trinajstić information content (AvgIpc) is 2.22. The van der Waals surface area contributed by atoms with Crippen LogP contribution in [-0.4, -0.2) is 38.2 Å². The monoisotopic (exact) mass is 328 g/mol. The summed E-state index contributed by atoms with van der Waals surface area (Å²) in [6.45, 7) is 0.00332. The number of hydrogen-bond donors (Lipinski definition) is 1. The molecular formula is C10H14ClFN2O3S2. The highest BCUT2D eigenvalue weighted by Gasteiger charge is 2.18. The highest BCUT2D eigenvalue weighted by Crippen LogP contribution is 2.18. The van der Waals surface area contributed by atoms with Gasteiger partial charge in [0.15, 0.2) is 0 Å². The van der Waals surface area contributed by atoms with Crippen molar-refractivity contribution in [2.24, 2.45) is 4.36 Å². The van der Waals surface area contributed by atoms with Crippen molar-refractivity contribution >= 4 is 31.4 Å². The van der Waals surface area contributed by atoms with Gasteiger partial charge in [-0.15, -0.1) is 0 Å². The van der Waals surface area contributed by atoms with E-state index in [-0.39, 0.29) is 18.1 Å². The maximum absolute atomic E-state index is 13.5. The lowest BCUT2D eigenvalue weighted by Crippen LogP contribution is -2.27. The second kappa shape index (κ2) is 6.17. The number of hydrogen-bond acceptors (Lipinski definition) is 4. The Morgan fingerprint density at radius 1 is 1.32 bits per heavy atom. The van der Waals surface area contributed by atoms with E-state index in [0.717, 1.165) is 12.1 Å². The summed E-state index contributed by atoms with van der Waals surface area (Å²) in [5, 5.41) is 0.114. The normalized spacial score (nSPS) is 12.4. The fourth-order valence-corrected chi connectivity index (χ4v) is 2.98. The topological polar surface area (TPSA) is 75.6 Å². The summed E-state index contributed by atoms with van der Waals surface area (Å²) in [4.78, 5) is -0.481. The molecule has 0 spiro atoms. The molecule has 108 valence electrons. The van der Waals surface area contributed by atoms with Gasteiger partial charge in [0.05, 0.1) is 6.54 Å². The molecule has 0 unspecified atom stereocenters. The van der Waals surface area contributed by atoms with Crippen LogP contribution in [0, 0.1) is 5.82 Å². The third-order valence-corrected chi connectivity index (χ3v) is 4.52. The molecule has 1 rings (SSSR count). The van der Waals surface area contributed by atoms with Crippen molar-refractivity contribution in [3.8, 4) is 0 Å². The summed E-state index contributed by atoms with van der Waals surface area (Å²) >= 11 is 5.54. The first-order valence-corrected chi connectivity index (χ1v) is 9.39. The molecule has 0 saturated heterocycles. The van der Waals surface area contributed by atoms with Crippen molar-refractivity contribution in [3.63, 3.8) is 0 Å². The smallest absolute Gasteiger partial charge is 0.243 e. The molecule has 19 heavy (non-hydrogen) atoms. The van der Waals surface area contributed by atoms with Crippen LogP contribution < -0.4 is 4.72 Å². The Bertz CT molecular complexity index is 674. The van der Waals surface area contributed by atoms with E-state index in [0.29, 0.717) is 0 Å². The van der Waals surface area contributed by atoms with Crippen molar-refractivity contribution in [1.29, 1.82) is 0 Å². The largest absolute Gasteiger partial charge is 0.250 e. The minimum Gasteiger partial charge on any atom is -0.250 e. The standard InChI is InChI=1S/C10H14ClFN2O3S2/c1-18(2,15)13-5-6-14-19(16,17)10-4-3-8(11)7-9(10)12/h3-4,7,14H,5-6H2,1-2H3. The number of benzene rings is 1. The van der Waals surface area contributed by atoms with Crippen LogP contribution >= 0.6 is 11.6 Å². The number of halogens is 2. The van der Waals surface area contributed by atoms with Gasteiger partial charge in [0.2, 0.25) is 10.0 Å². The molecule has 9 heteroatoms. The molecule has 0 saturated carbocycles. The molecule has 0 heterocycles. The van der Waals surface area contributed by atoms with Gasteiger partial charge < -0.3 is 0 Å². The maximum Gasteiger partial charge on any atom is 0.243 e. The molecule has 1 aromatic carbocycles. The summed E-state index contributed by atoms with van der Waals surface area (Å²) < 4.78 is 54.2. The van der Waals surface area contributed by atoms with E-state index in [4.69, 9.17) is 11.6 Å². The Kier molecular flexibility index (Phi) is 5.31. The van der Waals surface area contributed by atoms with Gasteiger partial charge in [0, 0.05) is 33.8 Å². The molecular weight excluding hydrogens is 315 g/mol. The predicted molar refractivity (Wildman–Crippen MR) is 73.9 cm³/mol. The van der Waals surface area contributed by atoms with E-state index in [9.17, 15) is 17.0 Å². The van der Waals surface area contributed by atoms with Crippen LogP contribution in [0.25, 0.3) is 0 Å². The van der Waals surface area contributed by atoms with E-state index in [2.05, 4.69) is 9.08 Å². The van der Waals surface area contributed by atoms with Crippen molar-refractivity contribution in [2.45, 2.75) is 4.90 Å². The average molecular weight is 329 g/mol. The second-order valence-corrected chi connectivity index (χ2v) is 8.80. The molecule has 1 N–H and O–H groups in total. The minimum atomic E-state index is -3.96. The minimum absolute atomic E-state index is 0.0525. The van der Waals surface area contributed by atoms with Crippen LogP contribution in [-0.2, 0) is 19.8 Å². The number of nitrogens with one attached hydrogen (secondary N) is 1. The van der Waals surface area contributed by atoms with E-state index >= 15 is 0 Å². The van der Waals surface area contributed by atoms with Gasteiger partial charge in [-0.2, -0.15) is 0 Å². The molecule has 0 aliphatic heterocycles. The summed E-state index contributed by atoms with van der Waals surface area (Å²) in [5.41, 5.74) is 0. The number of rotatable bonds is 5. The Balaban J connectivity index is 2.80. The number of nitrogens with zero attached hydrogens (tertiary/aromatic N) is 1. The van der Waals surface area contributed by atoms with Gasteiger partial charge >= 0.3 is 0 Å². The maximum atomic E-state index is 13.5. The zero-order chi connectivity index (χ0) is 14.7. The summed E-state index contributed by atoms with van der Waals surface area (Å²) in [6.07, 6.45) is 2.89. The molecule has 0 bridgehead atoms. The lowest BCUT2D eigenvalue weighted by Gasteiger charge is -2.06. The fraction of sp³-hybridized carbons (Fsp3) is 0.400. The zero-order valence-corrected chi connectivity index (χ0v) is 12.8. The van der Waals surface area contributed by atoms with E-state index in [1.165, 1.54) is 18.6 Å². The van der Waals surface area contributed by atoms with Crippen molar-refractivity contribution in [3.05, 3.63) is 29.0 Å². The van der Waals surface area contributed by atoms with E-state index < -0.39 is 30.5 Å². The Morgan fingerprint density at radius 3 is 2.47 bits per heavy atom. The third-order valence-electron chi connectivity index (χ3n) is 1.99. The van der Waals surface area contributed by atoms with Crippen LogP contribution in [0.1, 0.15) is 0 Å². The van der Waals surface area contributed by atoms with Crippen molar-refractivity contribution in [2.75, 3.05) is 25.6 Å². The zero-order valence-electron chi connectivity index (χ0n) is 10.4. The molecule has 5 nitrogen and oxygen atoms in total. The third kappa shape index (κ3) is 5.43. The summed E-state index contributed by atoms with van der Waals surface area (Å²) in [5.74, 6) is -0.924. The van der Waals surface area contributed by atoms with Crippen LogP contribution in [0.5, 0.6) is 0 Å². The molecule has 0 aliphatic rings. The molecule has 0 aromatic heterocycles. The van der Waals surface area contributed by atoms with Gasteiger partial charge in [0.25, 0.3) is 0 Å². The second-order valence-electron chi connectivity index (χ2n) is 4.01. The molecule has 0 amide bonds. The quantitative estimate of drug-likeness (QED) is 0.832. The summed E-state index contributed by atoms with van der Waals surface area (Å²) in [7, 11) is -6.23. The molecule has 0 atom stereocenters. The molecule has 0 radical (unpaired) electrons. The van der Waals surface area contributed by atoms with Crippen LogP contribution in [0.4, 0.5) is 4.39 Å². The number of sulfonamides is 1. The van der Waals surface area contributed by atoms with Gasteiger partial charge in [0.1, 0.15) is 10.7 Å². The predicted octanol–water partition coefficient (Wildman–Crippen LogP) is 1.48. The summed E-state index contributed by atoms with van der Waals surface area (Å²) in [6, 6.07) is 3.29. The fourth-order valence-electron chi connectivity index (χ4n) is 1.22. The lowest BCUT2D eigenvalue weighted by atomic mass is 10.3. The SMILES string of the molecule is CS(C)(=O)=NCCNS(=O)(=O)c1ccc(Cl)cc1F. The van der Waals surface area contributed by atoms with Crippen molar-refractivity contribution in [1.82, 2.24) is 4.72 Å². The van der Waals surface area contributed by atoms with Gasteiger partial charge in [-0.25, -0.2) is 21.9 Å².